The van der Waals surface area contributed by atoms with Gasteiger partial charge in [-0.2, -0.15) is 39.5 Å². The molecule has 0 aliphatic carbocycles. The number of alkyl halides is 8. The zero-order valence-corrected chi connectivity index (χ0v) is 7.19. The van der Waals surface area contributed by atoms with Crippen LogP contribution in [0, 0.1) is 0 Å². The molecule has 0 rings (SSSR count). The quantitative estimate of drug-likeness (QED) is 0.558. The summed E-state index contributed by atoms with van der Waals surface area (Å²) in [6.45, 7) is 0. The van der Waals surface area contributed by atoms with Crippen molar-refractivity contribution in [2.24, 2.45) is 0 Å². The van der Waals surface area contributed by atoms with Gasteiger partial charge in [0.25, 0.3) is 5.78 Å². The van der Waals surface area contributed by atoms with E-state index in [1.54, 1.807) is 0 Å². The van der Waals surface area contributed by atoms with E-state index in [0.29, 0.717) is 0 Å². The monoisotopic (exact) mass is 278 g/mol. The Kier molecular flexibility index (Phi) is 3.87. The molecule has 0 atom stereocenters. The van der Waals surface area contributed by atoms with Crippen molar-refractivity contribution in [3.8, 4) is 0 Å². The van der Waals surface area contributed by atoms with Crippen LogP contribution in [0.25, 0.3) is 0 Å². The van der Waals surface area contributed by atoms with Crippen LogP contribution in [0.3, 0.4) is 0 Å². The lowest BCUT2D eigenvalue weighted by atomic mass is 10.2. The van der Waals surface area contributed by atoms with Crippen molar-refractivity contribution in [3.05, 3.63) is 11.7 Å². The van der Waals surface area contributed by atoms with E-state index in [1.807, 2.05) is 0 Å². The van der Waals surface area contributed by atoms with E-state index in [1.165, 1.54) is 0 Å². The van der Waals surface area contributed by atoms with Gasteiger partial charge in [-0.3, -0.25) is 4.79 Å². The van der Waals surface area contributed by atoms with Crippen LogP contribution in [0.2, 0.25) is 0 Å². The number of ketones is 1. The third-order valence-corrected chi connectivity index (χ3v) is 1.28. The summed E-state index contributed by atoms with van der Waals surface area (Å²) in [6, 6.07) is 0. The lowest BCUT2D eigenvalue weighted by Crippen LogP contribution is -2.38. The summed E-state index contributed by atoms with van der Waals surface area (Å²) in [7, 11) is 0. The molecule has 0 N–H and O–H groups in total. The number of hydrogen-bond donors (Lipinski definition) is 0. The van der Waals surface area contributed by atoms with Crippen LogP contribution >= 0.6 is 0 Å². The van der Waals surface area contributed by atoms with Gasteiger partial charge in [-0.05, 0) is 0 Å². The first-order valence-electron chi connectivity index (χ1n) is 3.34. The van der Waals surface area contributed by atoms with Gasteiger partial charge in [0.15, 0.2) is 0 Å². The van der Waals surface area contributed by atoms with Gasteiger partial charge in [0, 0.05) is 0 Å². The zero-order chi connectivity index (χ0) is 14.2. The molecule has 1 nitrogen and oxygen atoms in total. The number of carbonyl (C=O) groups is 1. The lowest BCUT2D eigenvalue weighted by molar-refractivity contribution is -0.271. The standard InChI is InChI=1S/C6F10O/c7-1(3(17)5(11,12)13)2(8)4(9,10)6(14,15)16/b2-1+. The van der Waals surface area contributed by atoms with Gasteiger partial charge >= 0.3 is 18.3 Å². The molecule has 0 saturated heterocycles. The minimum atomic E-state index is -6.67. The summed E-state index contributed by atoms with van der Waals surface area (Å²) in [4.78, 5) is 9.88. The fourth-order valence-electron chi connectivity index (χ4n) is 0.486. The average molecular weight is 278 g/mol. The van der Waals surface area contributed by atoms with Crippen LogP contribution in [-0.4, -0.2) is 24.1 Å². The lowest BCUT2D eigenvalue weighted by Gasteiger charge is -2.17. The minimum Gasteiger partial charge on any atom is -0.281 e. The largest absolute Gasteiger partial charge is 0.460 e. The molecule has 0 amide bonds. The van der Waals surface area contributed by atoms with Crippen molar-refractivity contribution in [3.63, 3.8) is 0 Å². The maximum Gasteiger partial charge on any atom is 0.460 e. The predicted molar refractivity (Wildman–Crippen MR) is 31.3 cm³/mol. The van der Waals surface area contributed by atoms with Gasteiger partial charge in [0.2, 0.25) is 11.7 Å². The molecule has 0 bridgehead atoms. The highest BCUT2D eigenvalue weighted by atomic mass is 19.4. The predicted octanol–water partition coefficient (Wildman–Crippen LogP) is 3.47. The molecule has 17 heavy (non-hydrogen) atoms. The van der Waals surface area contributed by atoms with Gasteiger partial charge in [-0.25, -0.2) is 4.39 Å². The van der Waals surface area contributed by atoms with Crippen LogP contribution in [0.15, 0.2) is 11.7 Å². The molecule has 11 heteroatoms. The summed E-state index contributed by atoms with van der Waals surface area (Å²) in [5.74, 6) is -18.2. The van der Waals surface area contributed by atoms with Crippen molar-refractivity contribution in [2.75, 3.05) is 0 Å². The third kappa shape index (κ3) is 3.09. The Balaban J connectivity index is 5.56. The van der Waals surface area contributed by atoms with Gasteiger partial charge in [-0.15, -0.1) is 0 Å². The van der Waals surface area contributed by atoms with E-state index in [4.69, 9.17) is 0 Å². The summed E-state index contributed by atoms with van der Waals surface area (Å²) in [5, 5.41) is 0. The highest BCUT2D eigenvalue weighted by Crippen LogP contribution is 2.43. The summed E-state index contributed by atoms with van der Waals surface area (Å²) in [5.41, 5.74) is 0. The molecule has 0 aromatic heterocycles. The maximum atomic E-state index is 12.2. The molecule has 0 unspecified atom stereocenters. The number of carbonyl (C=O) groups excluding carboxylic acids is 1. The van der Waals surface area contributed by atoms with Gasteiger partial charge in [-0.1, -0.05) is 0 Å². The van der Waals surface area contributed by atoms with Crippen LogP contribution in [0.1, 0.15) is 0 Å². The molecule has 0 aliphatic rings. The van der Waals surface area contributed by atoms with Gasteiger partial charge in [0.1, 0.15) is 0 Å². The number of halogens is 10. The van der Waals surface area contributed by atoms with E-state index >= 15 is 0 Å². The zero-order valence-electron chi connectivity index (χ0n) is 7.19. The van der Waals surface area contributed by atoms with Crippen molar-refractivity contribution < 1.29 is 48.7 Å². The molecule has 0 aliphatic heterocycles. The van der Waals surface area contributed by atoms with E-state index in [9.17, 15) is 48.7 Å². The van der Waals surface area contributed by atoms with Crippen LogP contribution in [0.4, 0.5) is 43.9 Å². The Bertz CT molecular complexity index is 345. The third-order valence-electron chi connectivity index (χ3n) is 1.28. The molecule has 0 heterocycles. The molecule has 0 radical (unpaired) electrons. The van der Waals surface area contributed by atoms with Gasteiger partial charge in [0.05, 0.1) is 0 Å². The van der Waals surface area contributed by atoms with E-state index in [-0.39, 0.29) is 0 Å². The summed E-state index contributed by atoms with van der Waals surface area (Å²) in [6.07, 6.45) is -12.8. The Labute approximate surface area is 85.7 Å². The highest BCUT2D eigenvalue weighted by Gasteiger charge is 2.63. The van der Waals surface area contributed by atoms with Crippen molar-refractivity contribution in [1.29, 1.82) is 0 Å². The summed E-state index contributed by atoms with van der Waals surface area (Å²) < 4.78 is 117. The smallest absolute Gasteiger partial charge is 0.281 e. The average Bonchev–Trinajstić information content (AvgIpc) is 2.10. The highest BCUT2D eigenvalue weighted by molar-refractivity contribution is 5.98. The second kappa shape index (κ2) is 4.18. The Morgan fingerprint density at radius 3 is 1.35 bits per heavy atom. The normalized spacial score (nSPS) is 15.6. The molecule has 0 saturated carbocycles. The SMILES string of the molecule is O=C(/C(F)=C(\F)C(F)(F)C(F)(F)F)C(F)(F)F. The molecule has 0 fully saturated rings. The summed E-state index contributed by atoms with van der Waals surface area (Å²) >= 11 is 0. The first-order chi connectivity index (χ1) is 7.23. The first-order valence-corrected chi connectivity index (χ1v) is 3.34. The van der Waals surface area contributed by atoms with E-state index in [0.717, 1.165) is 0 Å². The van der Waals surface area contributed by atoms with Gasteiger partial charge < -0.3 is 0 Å². The van der Waals surface area contributed by atoms with Crippen LogP contribution in [-0.2, 0) is 4.79 Å². The fraction of sp³-hybridized carbons (Fsp3) is 0.500. The Morgan fingerprint density at radius 2 is 1.12 bits per heavy atom. The van der Waals surface area contributed by atoms with Crippen LogP contribution < -0.4 is 0 Å². The Morgan fingerprint density at radius 1 is 0.765 bits per heavy atom. The van der Waals surface area contributed by atoms with Crippen molar-refractivity contribution >= 4 is 5.78 Å². The molecule has 0 spiro atoms. The number of allylic oxidation sites excluding steroid dienone is 2. The molecule has 100 valence electrons. The Hall–Kier alpha value is -1.29. The minimum absolute atomic E-state index is 3.76. The fourth-order valence-corrected chi connectivity index (χ4v) is 0.486. The molecular weight excluding hydrogens is 278 g/mol. The van der Waals surface area contributed by atoms with Crippen LogP contribution in [0.5, 0.6) is 0 Å². The second-order valence-electron chi connectivity index (χ2n) is 2.53. The first kappa shape index (κ1) is 15.7. The molecule has 0 aromatic rings. The number of hydrogen-bond acceptors (Lipinski definition) is 1. The number of Topliss-reactive ketones (excluding diaryl/α,β-unsaturated/α-hetero) is 1. The maximum absolute atomic E-state index is 12.2. The number of rotatable bonds is 2. The molecular formula is C6F10O. The van der Waals surface area contributed by atoms with Crippen molar-refractivity contribution in [2.45, 2.75) is 18.3 Å². The van der Waals surface area contributed by atoms with E-state index < -0.39 is 35.7 Å². The van der Waals surface area contributed by atoms with E-state index in [2.05, 4.69) is 0 Å². The topological polar surface area (TPSA) is 17.1 Å². The van der Waals surface area contributed by atoms with Crippen molar-refractivity contribution in [1.82, 2.24) is 0 Å². The second-order valence-corrected chi connectivity index (χ2v) is 2.53. The molecule has 0 aromatic carbocycles.